The first-order chi connectivity index (χ1) is 11.4. The van der Waals surface area contributed by atoms with Gasteiger partial charge in [0.15, 0.2) is 5.76 Å². The van der Waals surface area contributed by atoms with Crippen molar-refractivity contribution >= 4 is 0 Å². The number of nitrogens with one attached hydrogen (secondary N) is 1. The molecule has 0 saturated carbocycles. The lowest BCUT2D eigenvalue weighted by molar-refractivity contribution is 0.264. The molecule has 0 fully saturated rings. The summed E-state index contributed by atoms with van der Waals surface area (Å²) < 4.78 is 5.47. The summed E-state index contributed by atoms with van der Waals surface area (Å²) >= 11 is 0. The van der Waals surface area contributed by atoms with E-state index in [1.54, 1.807) is 0 Å². The summed E-state index contributed by atoms with van der Waals surface area (Å²) in [5.74, 6) is 0.854. The molecule has 0 bridgehead atoms. The number of nitrogens with zero attached hydrogens (tertiary/aromatic N) is 3. The highest BCUT2D eigenvalue weighted by Gasteiger charge is 2.18. The van der Waals surface area contributed by atoms with E-state index < -0.39 is 0 Å². The molecule has 5 nitrogen and oxygen atoms in total. The third kappa shape index (κ3) is 3.92. The molecule has 24 heavy (non-hydrogen) atoms. The van der Waals surface area contributed by atoms with E-state index in [-0.39, 0.29) is 5.41 Å². The van der Waals surface area contributed by atoms with Crippen LogP contribution < -0.4 is 0 Å². The van der Waals surface area contributed by atoms with E-state index >= 15 is 0 Å². The third-order valence-electron chi connectivity index (χ3n) is 3.89. The van der Waals surface area contributed by atoms with Crippen LogP contribution in [-0.2, 0) is 18.5 Å². The van der Waals surface area contributed by atoms with E-state index in [0.29, 0.717) is 6.54 Å². The summed E-state index contributed by atoms with van der Waals surface area (Å²) in [6.07, 6.45) is 0. The lowest BCUT2D eigenvalue weighted by Crippen LogP contribution is -2.17. The second-order valence-electron chi connectivity index (χ2n) is 7.25. The highest BCUT2D eigenvalue weighted by atomic mass is 16.5. The Morgan fingerprint density at radius 2 is 1.83 bits per heavy atom. The number of aromatic nitrogens is 3. The minimum atomic E-state index is 0.0584. The van der Waals surface area contributed by atoms with Crippen LogP contribution in [0.5, 0.6) is 0 Å². The Kier molecular flexibility index (Phi) is 4.53. The SMILES string of the molecule is CN(Cc1cc(C(C)(C)C)n[nH]1)Cc1cc(-c2ccccc2)no1. The molecule has 3 aromatic rings. The Bertz CT molecular complexity index is 783. The zero-order valence-corrected chi connectivity index (χ0v) is 14.7. The maximum Gasteiger partial charge on any atom is 0.151 e. The highest BCUT2D eigenvalue weighted by molar-refractivity contribution is 5.58. The summed E-state index contributed by atoms with van der Waals surface area (Å²) in [7, 11) is 2.06. The van der Waals surface area contributed by atoms with E-state index in [1.807, 2.05) is 36.4 Å². The summed E-state index contributed by atoms with van der Waals surface area (Å²) in [5, 5.41) is 11.7. The average molecular weight is 324 g/mol. The van der Waals surface area contributed by atoms with Crippen molar-refractivity contribution in [3.05, 3.63) is 59.6 Å². The van der Waals surface area contributed by atoms with Gasteiger partial charge in [-0.3, -0.25) is 10.00 Å². The molecule has 0 aliphatic rings. The van der Waals surface area contributed by atoms with Gasteiger partial charge in [0, 0.05) is 29.3 Å². The Labute approximate surface area is 142 Å². The first-order valence-corrected chi connectivity index (χ1v) is 8.16. The predicted octanol–water partition coefficient (Wildman–Crippen LogP) is 3.99. The molecule has 0 saturated heterocycles. The fourth-order valence-corrected chi connectivity index (χ4v) is 2.57. The van der Waals surface area contributed by atoms with Crippen LogP contribution in [0.3, 0.4) is 0 Å². The van der Waals surface area contributed by atoms with Crippen LogP contribution >= 0.6 is 0 Å². The Balaban J connectivity index is 1.62. The lowest BCUT2D eigenvalue weighted by atomic mass is 9.92. The van der Waals surface area contributed by atoms with E-state index in [9.17, 15) is 0 Å². The van der Waals surface area contributed by atoms with Crippen LogP contribution in [0.1, 0.15) is 37.9 Å². The average Bonchev–Trinajstić information content (AvgIpc) is 3.17. The number of aromatic amines is 1. The molecule has 0 aliphatic carbocycles. The lowest BCUT2D eigenvalue weighted by Gasteiger charge is -2.14. The van der Waals surface area contributed by atoms with Crippen molar-refractivity contribution < 1.29 is 4.52 Å². The second-order valence-corrected chi connectivity index (χ2v) is 7.25. The third-order valence-corrected chi connectivity index (χ3v) is 3.89. The Morgan fingerprint density at radius 3 is 2.50 bits per heavy atom. The molecule has 0 aliphatic heterocycles. The standard InChI is InChI=1S/C19H24N4O/c1-19(2,3)18-10-15(20-21-18)12-23(4)13-16-11-17(22-24-16)14-8-6-5-7-9-14/h5-11H,12-13H2,1-4H3,(H,20,21). The fraction of sp³-hybridized carbons (Fsp3) is 0.368. The van der Waals surface area contributed by atoms with Crippen LogP contribution in [0, 0.1) is 0 Å². The van der Waals surface area contributed by atoms with Crippen LogP contribution in [0.15, 0.2) is 47.0 Å². The molecule has 2 aromatic heterocycles. The normalized spacial score (nSPS) is 12.0. The van der Waals surface area contributed by atoms with Crippen molar-refractivity contribution in [3.63, 3.8) is 0 Å². The van der Waals surface area contributed by atoms with Crippen LogP contribution in [0.4, 0.5) is 0 Å². The number of H-pyrrole nitrogens is 1. The predicted molar refractivity (Wildman–Crippen MR) is 94.4 cm³/mol. The maximum absolute atomic E-state index is 5.47. The molecular weight excluding hydrogens is 300 g/mol. The van der Waals surface area contributed by atoms with Crippen LogP contribution in [-0.4, -0.2) is 27.3 Å². The zero-order chi connectivity index (χ0) is 17.2. The quantitative estimate of drug-likeness (QED) is 0.771. The van der Waals surface area contributed by atoms with Crippen molar-refractivity contribution in [1.29, 1.82) is 0 Å². The molecule has 0 amide bonds. The van der Waals surface area contributed by atoms with E-state index in [2.05, 4.69) is 54.1 Å². The molecule has 1 N–H and O–H groups in total. The molecule has 2 heterocycles. The number of hydrogen-bond donors (Lipinski definition) is 1. The van der Waals surface area contributed by atoms with Gasteiger partial charge in [-0.1, -0.05) is 56.3 Å². The van der Waals surface area contributed by atoms with Crippen molar-refractivity contribution in [1.82, 2.24) is 20.3 Å². The van der Waals surface area contributed by atoms with Gasteiger partial charge in [-0.25, -0.2) is 0 Å². The van der Waals surface area contributed by atoms with Crippen molar-refractivity contribution in [2.45, 2.75) is 39.3 Å². The van der Waals surface area contributed by atoms with Gasteiger partial charge in [0.25, 0.3) is 0 Å². The molecule has 0 spiro atoms. The first-order valence-electron chi connectivity index (χ1n) is 8.16. The van der Waals surface area contributed by atoms with Crippen molar-refractivity contribution in [2.24, 2.45) is 0 Å². The molecule has 0 atom stereocenters. The largest absolute Gasteiger partial charge is 0.359 e. The van der Waals surface area contributed by atoms with Crippen LogP contribution in [0.25, 0.3) is 11.3 Å². The molecular formula is C19H24N4O. The molecule has 0 radical (unpaired) electrons. The number of hydrogen-bond acceptors (Lipinski definition) is 4. The minimum Gasteiger partial charge on any atom is -0.359 e. The van der Waals surface area contributed by atoms with Gasteiger partial charge in [0.2, 0.25) is 0 Å². The zero-order valence-electron chi connectivity index (χ0n) is 14.7. The molecule has 0 unspecified atom stereocenters. The maximum atomic E-state index is 5.47. The van der Waals surface area contributed by atoms with Gasteiger partial charge in [-0.05, 0) is 13.1 Å². The van der Waals surface area contributed by atoms with Gasteiger partial charge in [-0.15, -0.1) is 0 Å². The van der Waals surface area contributed by atoms with E-state index in [4.69, 9.17) is 4.52 Å². The number of rotatable bonds is 5. The van der Waals surface area contributed by atoms with Gasteiger partial charge in [-0.2, -0.15) is 5.10 Å². The molecule has 126 valence electrons. The van der Waals surface area contributed by atoms with Gasteiger partial charge < -0.3 is 4.52 Å². The van der Waals surface area contributed by atoms with Gasteiger partial charge in [0.05, 0.1) is 12.2 Å². The van der Waals surface area contributed by atoms with Gasteiger partial charge >= 0.3 is 0 Å². The Hall–Kier alpha value is -2.40. The highest BCUT2D eigenvalue weighted by Crippen LogP contribution is 2.22. The smallest absolute Gasteiger partial charge is 0.151 e. The van der Waals surface area contributed by atoms with Crippen LogP contribution in [0.2, 0.25) is 0 Å². The summed E-state index contributed by atoms with van der Waals surface area (Å²) in [6.45, 7) is 7.97. The number of benzene rings is 1. The first kappa shape index (κ1) is 16.5. The van der Waals surface area contributed by atoms with Crippen molar-refractivity contribution in [3.8, 4) is 11.3 Å². The molecule has 3 rings (SSSR count). The fourth-order valence-electron chi connectivity index (χ4n) is 2.57. The van der Waals surface area contributed by atoms with E-state index in [1.165, 1.54) is 0 Å². The Morgan fingerprint density at radius 1 is 1.08 bits per heavy atom. The second kappa shape index (κ2) is 6.61. The summed E-state index contributed by atoms with van der Waals surface area (Å²) in [4.78, 5) is 2.18. The van der Waals surface area contributed by atoms with Gasteiger partial charge in [0.1, 0.15) is 5.69 Å². The monoisotopic (exact) mass is 324 g/mol. The summed E-state index contributed by atoms with van der Waals surface area (Å²) in [5.41, 5.74) is 4.18. The molecule has 1 aromatic carbocycles. The van der Waals surface area contributed by atoms with Crippen molar-refractivity contribution in [2.75, 3.05) is 7.05 Å². The summed E-state index contributed by atoms with van der Waals surface area (Å²) in [6, 6.07) is 14.2. The van der Waals surface area contributed by atoms with E-state index in [0.717, 1.165) is 35.0 Å². The molecule has 5 heteroatoms. The minimum absolute atomic E-state index is 0.0584. The topological polar surface area (TPSA) is 58.0 Å².